The number of hydrogen-bond acceptors (Lipinski definition) is 4. The van der Waals surface area contributed by atoms with Gasteiger partial charge in [-0.3, -0.25) is 0 Å². The number of rotatable bonds is 4. The fourth-order valence-corrected chi connectivity index (χ4v) is 1.84. The van der Waals surface area contributed by atoms with E-state index in [0.29, 0.717) is 11.7 Å². The molecule has 2 rings (SSSR count). The molecule has 0 aliphatic carbocycles. The molecule has 4 heteroatoms. The van der Waals surface area contributed by atoms with Crippen molar-refractivity contribution in [3.05, 3.63) is 47.1 Å². The zero-order valence-corrected chi connectivity index (χ0v) is 10.2. The van der Waals surface area contributed by atoms with Gasteiger partial charge in [-0.25, -0.2) is 0 Å². The summed E-state index contributed by atoms with van der Waals surface area (Å²) < 4.78 is 5.09. The van der Waals surface area contributed by atoms with Gasteiger partial charge < -0.3 is 10.3 Å². The summed E-state index contributed by atoms with van der Waals surface area (Å²) in [6.45, 7) is 4.09. The molecule has 90 valence electrons. The van der Waals surface area contributed by atoms with Crippen LogP contribution in [0.4, 0.5) is 0 Å². The van der Waals surface area contributed by atoms with Crippen LogP contribution in [-0.4, -0.2) is 10.1 Å². The maximum atomic E-state index is 6.18. The van der Waals surface area contributed by atoms with E-state index in [9.17, 15) is 0 Å². The van der Waals surface area contributed by atoms with Crippen LogP contribution in [0.2, 0.25) is 0 Å². The second-order valence-electron chi connectivity index (χ2n) is 3.93. The third-order valence-electron chi connectivity index (χ3n) is 2.84. The molecule has 0 saturated heterocycles. The van der Waals surface area contributed by atoms with Crippen molar-refractivity contribution in [3.63, 3.8) is 0 Å². The molecule has 2 aromatic rings. The van der Waals surface area contributed by atoms with Gasteiger partial charge in [-0.2, -0.15) is 4.98 Å². The fraction of sp³-hybridized carbons (Fsp3) is 0.385. The highest BCUT2D eigenvalue weighted by Gasteiger charge is 2.17. The average Bonchev–Trinajstić information content (AvgIpc) is 2.86. The van der Waals surface area contributed by atoms with E-state index in [4.69, 9.17) is 10.3 Å². The predicted molar refractivity (Wildman–Crippen MR) is 65.5 cm³/mol. The van der Waals surface area contributed by atoms with Crippen molar-refractivity contribution in [2.75, 3.05) is 0 Å². The van der Waals surface area contributed by atoms with Crippen LogP contribution in [0.5, 0.6) is 0 Å². The van der Waals surface area contributed by atoms with Crippen LogP contribution in [0.15, 0.2) is 28.8 Å². The lowest BCUT2D eigenvalue weighted by Crippen LogP contribution is -2.15. The van der Waals surface area contributed by atoms with E-state index in [-0.39, 0.29) is 6.04 Å². The Labute approximate surface area is 101 Å². The quantitative estimate of drug-likeness (QED) is 0.876. The van der Waals surface area contributed by atoms with Gasteiger partial charge in [0.25, 0.3) is 0 Å². The van der Waals surface area contributed by atoms with Crippen LogP contribution in [0, 0.1) is 0 Å². The Balaban J connectivity index is 2.32. The minimum Gasteiger partial charge on any atom is -0.339 e. The predicted octanol–water partition coefficient (Wildman–Crippen LogP) is 2.24. The first-order chi connectivity index (χ1) is 8.26. The van der Waals surface area contributed by atoms with Gasteiger partial charge in [-0.1, -0.05) is 43.3 Å². The summed E-state index contributed by atoms with van der Waals surface area (Å²) >= 11 is 0. The highest BCUT2D eigenvalue weighted by molar-refractivity contribution is 5.33. The summed E-state index contributed by atoms with van der Waals surface area (Å²) in [4.78, 5) is 4.28. The van der Waals surface area contributed by atoms with Crippen LogP contribution in [0.25, 0.3) is 0 Å². The van der Waals surface area contributed by atoms with Gasteiger partial charge in [0, 0.05) is 6.42 Å². The van der Waals surface area contributed by atoms with Crippen molar-refractivity contribution in [2.24, 2.45) is 5.73 Å². The molecular formula is C13H17N3O. The lowest BCUT2D eigenvalue weighted by atomic mass is 9.99. The molecule has 0 saturated carbocycles. The Kier molecular flexibility index (Phi) is 3.54. The van der Waals surface area contributed by atoms with E-state index in [2.05, 4.69) is 23.1 Å². The summed E-state index contributed by atoms with van der Waals surface area (Å²) in [7, 11) is 0. The summed E-state index contributed by atoms with van der Waals surface area (Å²) in [6.07, 6.45) is 1.68. The average molecular weight is 231 g/mol. The van der Waals surface area contributed by atoms with Gasteiger partial charge in [0.2, 0.25) is 5.89 Å². The number of aromatic nitrogens is 2. The van der Waals surface area contributed by atoms with Gasteiger partial charge >= 0.3 is 0 Å². The second-order valence-corrected chi connectivity index (χ2v) is 3.93. The Morgan fingerprint density at radius 2 is 2.00 bits per heavy atom. The van der Waals surface area contributed by atoms with Crippen LogP contribution < -0.4 is 5.73 Å². The number of hydrogen-bond donors (Lipinski definition) is 1. The molecule has 1 unspecified atom stereocenters. The second kappa shape index (κ2) is 5.10. The highest BCUT2D eigenvalue weighted by Crippen LogP contribution is 2.21. The van der Waals surface area contributed by atoms with Crippen LogP contribution >= 0.6 is 0 Å². The van der Waals surface area contributed by atoms with E-state index >= 15 is 0 Å². The van der Waals surface area contributed by atoms with Crippen LogP contribution in [0.3, 0.4) is 0 Å². The highest BCUT2D eigenvalue weighted by atomic mass is 16.5. The summed E-state index contributed by atoms with van der Waals surface area (Å²) in [5, 5.41) is 3.93. The minimum atomic E-state index is -0.310. The van der Waals surface area contributed by atoms with Gasteiger partial charge in [-0.15, -0.1) is 0 Å². The Morgan fingerprint density at radius 1 is 1.24 bits per heavy atom. The van der Waals surface area contributed by atoms with E-state index in [1.165, 1.54) is 5.56 Å². The molecule has 1 aromatic carbocycles. The topological polar surface area (TPSA) is 64.9 Å². The van der Waals surface area contributed by atoms with Crippen molar-refractivity contribution in [1.29, 1.82) is 0 Å². The lowest BCUT2D eigenvalue weighted by molar-refractivity contribution is 0.375. The normalized spacial score (nSPS) is 12.6. The largest absolute Gasteiger partial charge is 0.339 e. The monoisotopic (exact) mass is 231 g/mol. The molecule has 0 bridgehead atoms. The molecule has 0 aliphatic heterocycles. The summed E-state index contributed by atoms with van der Waals surface area (Å²) in [5.41, 5.74) is 8.47. The zero-order chi connectivity index (χ0) is 12.3. The van der Waals surface area contributed by atoms with Crippen molar-refractivity contribution < 1.29 is 4.52 Å². The molecule has 0 spiro atoms. The Morgan fingerprint density at radius 3 is 2.65 bits per heavy atom. The van der Waals surface area contributed by atoms with Crippen molar-refractivity contribution in [3.8, 4) is 0 Å². The van der Waals surface area contributed by atoms with E-state index in [0.717, 1.165) is 18.4 Å². The third-order valence-corrected chi connectivity index (χ3v) is 2.84. The van der Waals surface area contributed by atoms with Gasteiger partial charge in [0.05, 0.1) is 6.04 Å². The molecule has 1 heterocycles. The number of nitrogens with zero attached hydrogens (tertiary/aromatic N) is 2. The summed E-state index contributed by atoms with van der Waals surface area (Å²) in [6, 6.07) is 7.79. The van der Waals surface area contributed by atoms with Gasteiger partial charge in [-0.05, 0) is 17.5 Å². The molecule has 2 N–H and O–H groups in total. The SMILES string of the molecule is CCc1nc(C(N)c2ccccc2CC)no1. The maximum absolute atomic E-state index is 6.18. The van der Waals surface area contributed by atoms with Crippen molar-refractivity contribution in [1.82, 2.24) is 10.1 Å². The zero-order valence-electron chi connectivity index (χ0n) is 10.2. The minimum absolute atomic E-state index is 0.310. The molecule has 17 heavy (non-hydrogen) atoms. The first-order valence-electron chi connectivity index (χ1n) is 5.92. The third kappa shape index (κ3) is 2.36. The molecule has 0 amide bonds. The van der Waals surface area contributed by atoms with Crippen LogP contribution in [-0.2, 0) is 12.8 Å². The molecule has 0 fully saturated rings. The first-order valence-corrected chi connectivity index (χ1v) is 5.92. The van der Waals surface area contributed by atoms with Crippen molar-refractivity contribution >= 4 is 0 Å². The lowest BCUT2D eigenvalue weighted by Gasteiger charge is -2.11. The molecule has 0 aliphatic rings. The number of nitrogens with two attached hydrogens (primary N) is 1. The van der Waals surface area contributed by atoms with Gasteiger partial charge in [0.15, 0.2) is 5.82 Å². The molecule has 4 nitrogen and oxygen atoms in total. The van der Waals surface area contributed by atoms with Crippen LogP contribution in [0.1, 0.15) is 42.7 Å². The molecule has 1 atom stereocenters. The molecule has 0 radical (unpaired) electrons. The molecular weight excluding hydrogens is 214 g/mol. The molecule has 1 aromatic heterocycles. The van der Waals surface area contributed by atoms with E-state index in [1.807, 2.05) is 25.1 Å². The van der Waals surface area contributed by atoms with Crippen molar-refractivity contribution in [2.45, 2.75) is 32.7 Å². The maximum Gasteiger partial charge on any atom is 0.226 e. The number of aryl methyl sites for hydroxylation is 2. The fourth-order valence-electron chi connectivity index (χ4n) is 1.84. The number of benzene rings is 1. The van der Waals surface area contributed by atoms with Gasteiger partial charge in [0.1, 0.15) is 0 Å². The summed E-state index contributed by atoms with van der Waals surface area (Å²) in [5.74, 6) is 1.19. The Bertz CT molecular complexity index is 493. The standard InChI is InChI=1S/C13H17N3O/c1-3-9-7-5-6-8-10(9)12(14)13-15-11(4-2)17-16-13/h5-8,12H,3-4,14H2,1-2H3. The smallest absolute Gasteiger partial charge is 0.226 e. The first kappa shape index (κ1) is 11.8. The van der Waals surface area contributed by atoms with E-state index in [1.54, 1.807) is 0 Å². The van der Waals surface area contributed by atoms with E-state index < -0.39 is 0 Å². The Hall–Kier alpha value is -1.68.